The van der Waals surface area contributed by atoms with Gasteiger partial charge in [0.1, 0.15) is 0 Å². The molecule has 0 saturated carbocycles. The Morgan fingerprint density at radius 1 is 1.30 bits per heavy atom. The van der Waals surface area contributed by atoms with Gasteiger partial charge in [-0.25, -0.2) is 0 Å². The van der Waals surface area contributed by atoms with Crippen LogP contribution in [-0.4, -0.2) is 0 Å². The van der Waals surface area contributed by atoms with Gasteiger partial charge in [0.05, 0.1) is 0 Å². The lowest BCUT2D eigenvalue weighted by Crippen LogP contribution is -1.75. The monoisotopic (exact) mass is 171 g/mol. The molecule has 0 fully saturated rings. The van der Waals surface area contributed by atoms with E-state index >= 15 is 0 Å². The molecule has 0 spiro atoms. The highest BCUT2D eigenvalue weighted by Gasteiger charge is 1.89. The fraction of sp³-hybridized carbons (Fsp3) is 0.125. The number of rotatable bonds is 2. The van der Waals surface area contributed by atoms with E-state index in [1.807, 2.05) is 24.3 Å². The summed E-state index contributed by atoms with van der Waals surface area (Å²) in [5.41, 5.74) is 1.27. The molecule has 0 unspecified atom stereocenters. The third kappa shape index (κ3) is 2.24. The Morgan fingerprint density at radius 3 is 2.40 bits per heavy atom. The van der Waals surface area contributed by atoms with Gasteiger partial charge in [-0.1, -0.05) is 23.7 Å². The van der Waals surface area contributed by atoms with Crippen molar-refractivity contribution in [1.29, 1.82) is 0 Å². The van der Waals surface area contributed by atoms with Gasteiger partial charge >= 0.3 is 0 Å². The fourth-order valence-corrected chi connectivity index (χ4v) is 1.25. The summed E-state index contributed by atoms with van der Waals surface area (Å²) in [4.78, 5) is 0. The van der Waals surface area contributed by atoms with E-state index < -0.39 is 0 Å². The van der Waals surface area contributed by atoms with Crippen molar-refractivity contribution in [2.45, 2.75) is 5.75 Å². The smallest absolute Gasteiger partial charge is 0.0406 e. The second-order valence-corrected chi connectivity index (χ2v) is 3.11. The quantitative estimate of drug-likeness (QED) is 0.658. The van der Waals surface area contributed by atoms with Gasteiger partial charge in [0.25, 0.3) is 0 Å². The topological polar surface area (TPSA) is 0 Å². The zero-order chi connectivity index (χ0) is 7.40. The van der Waals surface area contributed by atoms with Crippen LogP contribution in [-0.2, 0) is 5.75 Å². The third-order valence-corrected chi connectivity index (χ3v) is 1.97. The summed E-state index contributed by atoms with van der Waals surface area (Å²) in [7, 11) is 0. The number of halogens is 1. The number of hydrogen-bond acceptors (Lipinski definition) is 1. The summed E-state index contributed by atoms with van der Waals surface area (Å²) in [6, 6.07) is 7.82. The number of benzene rings is 1. The summed E-state index contributed by atoms with van der Waals surface area (Å²) < 4.78 is 0. The van der Waals surface area contributed by atoms with Crippen molar-refractivity contribution < 1.29 is 0 Å². The van der Waals surface area contributed by atoms with Crippen molar-refractivity contribution >= 4 is 23.4 Å². The van der Waals surface area contributed by atoms with Gasteiger partial charge in [-0.15, -0.1) is 0 Å². The van der Waals surface area contributed by atoms with E-state index in [4.69, 9.17) is 11.6 Å². The van der Waals surface area contributed by atoms with Gasteiger partial charge < -0.3 is 0 Å². The van der Waals surface area contributed by atoms with Gasteiger partial charge in [-0.3, -0.25) is 0 Å². The molecule has 0 heterocycles. The fourth-order valence-electron chi connectivity index (χ4n) is 0.698. The second-order valence-electron chi connectivity index (χ2n) is 1.97. The molecule has 10 heavy (non-hydrogen) atoms. The van der Waals surface area contributed by atoms with Crippen LogP contribution in [0.1, 0.15) is 5.56 Å². The number of hydrogen-bond donors (Lipinski definition) is 0. The van der Waals surface area contributed by atoms with E-state index in [0.717, 1.165) is 10.8 Å². The zero-order valence-electron chi connectivity index (χ0n) is 5.51. The summed E-state index contributed by atoms with van der Waals surface area (Å²) >= 11 is 7.26. The first-order valence-corrected chi connectivity index (χ1v) is 4.47. The Kier molecular flexibility index (Phi) is 3.10. The highest BCUT2D eigenvalue weighted by Crippen LogP contribution is 2.13. The number of thioether (sulfide) groups is 1. The van der Waals surface area contributed by atoms with Gasteiger partial charge in [-0.05, 0) is 17.7 Å². The molecule has 2 heteroatoms. The minimum Gasteiger partial charge on any atom is -0.156 e. The van der Waals surface area contributed by atoms with Gasteiger partial charge in [0.2, 0.25) is 0 Å². The van der Waals surface area contributed by atoms with Crippen molar-refractivity contribution in [2.24, 2.45) is 0 Å². The lowest BCUT2D eigenvalue weighted by Gasteiger charge is -1.95. The van der Waals surface area contributed by atoms with E-state index in [0.29, 0.717) is 0 Å². The van der Waals surface area contributed by atoms with Crippen LogP contribution in [0.5, 0.6) is 0 Å². The van der Waals surface area contributed by atoms with E-state index in [2.05, 4.69) is 6.26 Å². The van der Waals surface area contributed by atoms with Crippen LogP contribution in [0.4, 0.5) is 0 Å². The SMILES string of the molecule is [CH2]SCc1ccc(Cl)cc1. The average Bonchev–Trinajstić information content (AvgIpc) is 1.95. The van der Waals surface area contributed by atoms with E-state index in [-0.39, 0.29) is 0 Å². The molecule has 0 aliphatic rings. The van der Waals surface area contributed by atoms with Crippen LogP contribution in [0, 0.1) is 6.26 Å². The Morgan fingerprint density at radius 2 is 1.90 bits per heavy atom. The van der Waals surface area contributed by atoms with Crippen LogP contribution in [0.2, 0.25) is 5.02 Å². The highest BCUT2D eigenvalue weighted by molar-refractivity contribution is 7.99. The van der Waals surface area contributed by atoms with E-state index in [1.165, 1.54) is 5.56 Å². The predicted molar refractivity (Wildman–Crippen MR) is 48.1 cm³/mol. The molecular weight excluding hydrogens is 164 g/mol. The molecule has 0 bridgehead atoms. The van der Waals surface area contributed by atoms with Gasteiger partial charge in [0, 0.05) is 17.0 Å². The maximum Gasteiger partial charge on any atom is 0.0406 e. The first kappa shape index (κ1) is 7.96. The molecule has 0 N–H and O–H groups in total. The van der Waals surface area contributed by atoms with Crippen LogP contribution in [0.3, 0.4) is 0 Å². The molecule has 0 saturated heterocycles. The molecule has 0 aromatic heterocycles. The lowest BCUT2D eigenvalue weighted by molar-refractivity contribution is 1.42. The average molecular weight is 172 g/mol. The lowest BCUT2D eigenvalue weighted by atomic mass is 10.2. The summed E-state index contributed by atoms with van der Waals surface area (Å²) in [6.07, 6.45) is 3.69. The molecule has 0 aliphatic heterocycles. The third-order valence-electron chi connectivity index (χ3n) is 1.18. The Hall–Kier alpha value is -0.140. The second kappa shape index (κ2) is 3.89. The first-order chi connectivity index (χ1) is 4.83. The first-order valence-electron chi connectivity index (χ1n) is 2.94. The molecule has 1 aromatic carbocycles. The largest absolute Gasteiger partial charge is 0.156 e. The summed E-state index contributed by atoms with van der Waals surface area (Å²) in [5, 5.41) is 0.790. The maximum absolute atomic E-state index is 5.69. The van der Waals surface area contributed by atoms with Crippen LogP contribution < -0.4 is 0 Å². The van der Waals surface area contributed by atoms with Crippen molar-refractivity contribution in [3.05, 3.63) is 41.1 Å². The maximum atomic E-state index is 5.69. The Balaban J connectivity index is 2.69. The van der Waals surface area contributed by atoms with Crippen LogP contribution >= 0.6 is 23.4 Å². The standard InChI is InChI=1S/C8H8ClS/c1-10-6-7-2-4-8(9)5-3-7/h2-5H,1,6H2. The molecule has 0 atom stereocenters. The minimum absolute atomic E-state index is 0.790. The van der Waals surface area contributed by atoms with E-state index in [9.17, 15) is 0 Å². The van der Waals surface area contributed by atoms with Gasteiger partial charge in [-0.2, -0.15) is 11.8 Å². The molecule has 0 nitrogen and oxygen atoms in total. The summed E-state index contributed by atoms with van der Waals surface area (Å²) in [6.45, 7) is 0. The van der Waals surface area contributed by atoms with Crippen molar-refractivity contribution in [3.8, 4) is 0 Å². The predicted octanol–water partition coefficient (Wildman–Crippen LogP) is 3.36. The molecule has 0 aliphatic carbocycles. The van der Waals surface area contributed by atoms with E-state index in [1.54, 1.807) is 11.8 Å². The normalized spacial score (nSPS) is 9.80. The van der Waals surface area contributed by atoms with Crippen LogP contribution in [0.25, 0.3) is 0 Å². The van der Waals surface area contributed by atoms with Crippen molar-refractivity contribution in [1.82, 2.24) is 0 Å². The highest BCUT2D eigenvalue weighted by atomic mass is 35.5. The Labute approximate surface area is 70.6 Å². The molecule has 1 rings (SSSR count). The van der Waals surface area contributed by atoms with Gasteiger partial charge in [0.15, 0.2) is 0 Å². The molecular formula is C8H8ClS. The minimum atomic E-state index is 0.790. The molecule has 1 aromatic rings. The Bertz CT molecular complexity index is 193. The van der Waals surface area contributed by atoms with Crippen molar-refractivity contribution in [2.75, 3.05) is 0 Å². The molecule has 1 radical (unpaired) electrons. The molecule has 0 amide bonds. The van der Waals surface area contributed by atoms with Crippen LogP contribution in [0.15, 0.2) is 24.3 Å². The van der Waals surface area contributed by atoms with Crippen molar-refractivity contribution in [3.63, 3.8) is 0 Å². The zero-order valence-corrected chi connectivity index (χ0v) is 7.08. The summed E-state index contributed by atoms with van der Waals surface area (Å²) in [5.74, 6) is 0.956. The molecule has 53 valence electrons.